The predicted molar refractivity (Wildman–Crippen MR) is 65.4 cm³/mol. The van der Waals surface area contributed by atoms with E-state index in [1.165, 1.54) is 6.20 Å². The molecule has 90 valence electrons. The van der Waals surface area contributed by atoms with Gasteiger partial charge in [-0.2, -0.15) is 10.4 Å². The van der Waals surface area contributed by atoms with Gasteiger partial charge in [0.05, 0.1) is 30.3 Å². The third kappa shape index (κ3) is 2.71. The monoisotopic (exact) mass is 241 g/mol. The molecular formula is C12H11N5O. The second-order valence-electron chi connectivity index (χ2n) is 3.35. The first kappa shape index (κ1) is 11.8. The smallest absolute Gasteiger partial charge is 0.213 e. The molecule has 6 heteroatoms. The van der Waals surface area contributed by atoms with Crippen LogP contribution in [0.25, 0.3) is 0 Å². The molecule has 1 N–H and O–H groups in total. The Morgan fingerprint density at radius 2 is 2.28 bits per heavy atom. The molecular weight excluding hydrogens is 230 g/mol. The lowest BCUT2D eigenvalue weighted by molar-refractivity contribution is 0.327. The van der Waals surface area contributed by atoms with E-state index in [0.29, 0.717) is 23.9 Å². The average Bonchev–Trinajstić information content (AvgIpc) is 2.42. The number of nitrogens with one attached hydrogen (secondary N) is 1. The van der Waals surface area contributed by atoms with Crippen LogP contribution in [0.15, 0.2) is 30.6 Å². The first-order valence-electron chi connectivity index (χ1n) is 5.41. The lowest BCUT2D eigenvalue weighted by Crippen LogP contribution is -1.99. The van der Waals surface area contributed by atoms with Crippen LogP contribution in [0.2, 0.25) is 0 Å². The lowest BCUT2D eigenvalue weighted by atomic mass is 10.3. The molecule has 2 aromatic heterocycles. The van der Waals surface area contributed by atoms with Gasteiger partial charge in [0.25, 0.3) is 0 Å². The van der Waals surface area contributed by atoms with E-state index in [1.54, 1.807) is 24.4 Å². The molecule has 6 nitrogen and oxygen atoms in total. The Morgan fingerprint density at radius 1 is 1.39 bits per heavy atom. The fourth-order valence-corrected chi connectivity index (χ4v) is 1.34. The summed E-state index contributed by atoms with van der Waals surface area (Å²) >= 11 is 0. The van der Waals surface area contributed by atoms with Crippen molar-refractivity contribution in [2.45, 2.75) is 6.92 Å². The van der Waals surface area contributed by atoms with Gasteiger partial charge in [-0.3, -0.25) is 0 Å². The summed E-state index contributed by atoms with van der Waals surface area (Å²) in [5.74, 6) is 0.966. The van der Waals surface area contributed by atoms with Crippen molar-refractivity contribution in [3.63, 3.8) is 0 Å². The summed E-state index contributed by atoms with van der Waals surface area (Å²) in [6.45, 7) is 2.47. The fraction of sp³-hybridized carbons (Fsp3) is 0.167. The van der Waals surface area contributed by atoms with Crippen LogP contribution in [-0.4, -0.2) is 21.8 Å². The molecule has 0 unspecified atom stereocenters. The molecule has 0 aliphatic rings. The summed E-state index contributed by atoms with van der Waals surface area (Å²) in [5.41, 5.74) is 1.15. The molecule has 0 saturated heterocycles. The number of aromatic nitrogens is 3. The van der Waals surface area contributed by atoms with Gasteiger partial charge in [-0.1, -0.05) is 0 Å². The maximum absolute atomic E-state index is 8.92. The van der Waals surface area contributed by atoms with Gasteiger partial charge in [-0.15, -0.1) is 5.10 Å². The molecule has 0 fully saturated rings. The van der Waals surface area contributed by atoms with Crippen LogP contribution in [-0.2, 0) is 0 Å². The molecule has 0 atom stereocenters. The van der Waals surface area contributed by atoms with E-state index in [2.05, 4.69) is 20.5 Å². The zero-order chi connectivity index (χ0) is 12.8. The molecule has 0 aromatic carbocycles. The summed E-state index contributed by atoms with van der Waals surface area (Å²) in [6.07, 6.45) is 3.08. The number of nitrogens with zero attached hydrogens (tertiary/aromatic N) is 4. The number of nitriles is 1. The number of pyridine rings is 1. The highest BCUT2D eigenvalue weighted by atomic mass is 16.5. The van der Waals surface area contributed by atoms with Crippen molar-refractivity contribution in [3.8, 4) is 11.9 Å². The van der Waals surface area contributed by atoms with E-state index in [-0.39, 0.29) is 0 Å². The third-order valence-corrected chi connectivity index (χ3v) is 2.13. The van der Waals surface area contributed by atoms with E-state index in [4.69, 9.17) is 10.00 Å². The highest BCUT2D eigenvalue weighted by Gasteiger charge is 2.04. The van der Waals surface area contributed by atoms with Gasteiger partial charge in [0.1, 0.15) is 6.07 Å². The van der Waals surface area contributed by atoms with E-state index < -0.39 is 0 Å². The van der Waals surface area contributed by atoms with Crippen LogP contribution in [0.4, 0.5) is 11.5 Å². The van der Waals surface area contributed by atoms with E-state index >= 15 is 0 Å². The van der Waals surface area contributed by atoms with Crippen molar-refractivity contribution < 1.29 is 4.74 Å². The van der Waals surface area contributed by atoms with E-state index in [0.717, 1.165) is 5.69 Å². The summed E-state index contributed by atoms with van der Waals surface area (Å²) in [4.78, 5) is 4.10. The van der Waals surface area contributed by atoms with Crippen molar-refractivity contribution in [2.24, 2.45) is 0 Å². The molecule has 0 radical (unpaired) electrons. The molecule has 2 rings (SSSR count). The quantitative estimate of drug-likeness (QED) is 0.879. The second-order valence-corrected chi connectivity index (χ2v) is 3.35. The lowest BCUT2D eigenvalue weighted by Gasteiger charge is -2.06. The Bertz CT molecular complexity index is 561. The normalized spacial score (nSPS) is 9.56. The molecule has 0 aliphatic heterocycles. The first-order chi connectivity index (χ1) is 8.83. The SMILES string of the molecule is CCOc1ccc(Nc2nnccc2C#N)cn1. The summed E-state index contributed by atoms with van der Waals surface area (Å²) < 4.78 is 5.24. The minimum atomic E-state index is 0.408. The number of ether oxygens (including phenoxy) is 1. The van der Waals surface area contributed by atoms with Gasteiger partial charge in [-0.05, 0) is 19.1 Å². The maximum atomic E-state index is 8.92. The van der Waals surface area contributed by atoms with Crippen LogP contribution in [0.1, 0.15) is 12.5 Å². The molecule has 0 bridgehead atoms. The maximum Gasteiger partial charge on any atom is 0.213 e. The molecule has 0 spiro atoms. The fourth-order valence-electron chi connectivity index (χ4n) is 1.34. The zero-order valence-electron chi connectivity index (χ0n) is 9.79. The van der Waals surface area contributed by atoms with Crippen LogP contribution in [0, 0.1) is 11.3 Å². The summed E-state index contributed by atoms with van der Waals surface area (Å²) in [5, 5.41) is 19.5. The number of hydrogen-bond acceptors (Lipinski definition) is 6. The average molecular weight is 241 g/mol. The Morgan fingerprint density at radius 3 is 2.94 bits per heavy atom. The van der Waals surface area contributed by atoms with Crippen molar-refractivity contribution in [3.05, 3.63) is 36.2 Å². The minimum Gasteiger partial charge on any atom is -0.478 e. The zero-order valence-corrected chi connectivity index (χ0v) is 9.79. The summed E-state index contributed by atoms with van der Waals surface area (Å²) in [6, 6.07) is 7.18. The van der Waals surface area contributed by atoms with Crippen molar-refractivity contribution in [1.82, 2.24) is 15.2 Å². The molecule has 0 saturated carbocycles. The third-order valence-electron chi connectivity index (χ3n) is 2.13. The van der Waals surface area contributed by atoms with Crippen molar-refractivity contribution in [2.75, 3.05) is 11.9 Å². The van der Waals surface area contributed by atoms with Gasteiger partial charge in [-0.25, -0.2) is 4.98 Å². The second kappa shape index (κ2) is 5.59. The van der Waals surface area contributed by atoms with E-state index in [9.17, 15) is 0 Å². The van der Waals surface area contributed by atoms with Crippen molar-refractivity contribution in [1.29, 1.82) is 5.26 Å². The molecule has 0 amide bonds. The first-order valence-corrected chi connectivity index (χ1v) is 5.41. The Labute approximate surface area is 104 Å². The Hall–Kier alpha value is -2.68. The predicted octanol–water partition coefficient (Wildman–Crippen LogP) is 1.89. The Kier molecular flexibility index (Phi) is 3.66. The minimum absolute atomic E-state index is 0.408. The molecule has 0 aliphatic carbocycles. The highest BCUT2D eigenvalue weighted by Crippen LogP contribution is 2.18. The Balaban J connectivity index is 2.16. The summed E-state index contributed by atoms with van der Waals surface area (Å²) in [7, 11) is 0. The van der Waals surface area contributed by atoms with Crippen LogP contribution in [0.3, 0.4) is 0 Å². The highest BCUT2D eigenvalue weighted by molar-refractivity contribution is 5.61. The van der Waals surface area contributed by atoms with Gasteiger partial charge >= 0.3 is 0 Å². The molecule has 18 heavy (non-hydrogen) atoms. The number of hydrogen-bond donors (Lipinski definition) is 1. The largest absolute Gasteiger partial charge is 0.478 e. The van der Waals surface area contributed by atoms with Gasteiger partial charge < -0.3 is 10.1 Å². The van der Waals surface area contributed by atoms with Crippen LogP contribution in [0.5, 0.6) is 5.88 Å². The standard InChI is InChI=1S/C12H11N5O/c1-2-18-11-4-3-10(8-14-11)16-12-9(7-13)5-6-15-17-12/h3-6,8H,2H2,1H3,(H,16,17). The topological polar surface area (TPSA) is 83.7 Å². The van der Waals surface area contributed by atoms with Crippen molar-refractivity contribution >= 4 is 11.5 Å². The molecule has 2 heterocycles. The van der Waals surface area contributed by atoms with Gasteiger partial charge in [0.15, 0.2) is 5.82 Å². The van der Waals surface area contributed by atoms with Crippen LogP contribution < -0.4 is 10.1 Å². The van der Waals surface area contributed by atoms with Gasteiger partial charge in [0.2, 0.25) is 5.88 Å². The molecule has 2 aromatic rings. The van der Waals surface area contributed by atoms with Crippen LogP contribution >= 0.6 is 0 Å². The van der Waals surface area contributed by atoms with E-state index in [1.807, 2.05) is 13.0 Å². The number of anilines is 2. The van der Waals surface area contributed by atoms with Gasteiger partial charge in [0, 0.05) is 6.07 Å². The number of rotatable bonds is 4.